The Hall–Kier alpha value is -3.93. The lowest BCUT2D eigenvalue weighted by Gasteiger charge is -2.36. The summed E-state index contributed by atoms with van der Waals surface area (Å²) in [6.07, 6.45) is -1.29. The molecule has 2 amide bonds. The zero-order chi connectivity index (χ0) is 30.1. The lowest BCUT2D eigenvalue weighted by Crippen LogP contribution is -2.58. The van der Waals surface area contributed by atoms with Gasteiger partial charge in [0, 0.05) is 13.1 Å². The van der Waals surface area contributed by atoms with E-state index in [0.29, 0.717) is 17.9 Å². The van der Waals surface area contributed by atoms with E-state index in [4.69, 9.17) is 9.47 Å². The molecule has 1 aliphatic heterocycles. The lowest BCUT2D eigenvalue weighted by molar-refractivity contribution is -0.125. The zero-order valence-electron chi connectivity index (χ0n) is 23.7. The summed E-state index contributed by atoms with van der Waals surface area (Å²) in [7, 11) is -3.88. The second-order valence-corrected chi connectivity index (χ2v) is 12.5. The summed E-state index contributed by atoms with van der Waals surface area (Å²) in [5.41, 5.74) is 0.818. The van der Waals surface area contributed by atoms with Crippen LogP contribution in [0, 0.1) is 5.92 Å². The molecule has 4 rings (SSSR count). The molecular formula is C31H37N3O7S. The Bertz CT molecular complexity index is 1420. The minimum atomic E-state index is -3.88. The van der Waals surface area contributed by atoms with Crippen LogP contribution in [0.3, 0.4) is 0 Å². The van der Waals surface area contributed by atoms with E-state index in [1.54, 1.807) is 24.3 Å². The molecule has 11 heteroatoms. The molecule has 0 aliphatic carbocycles. The number of ether oxygens (including phenoxy) is 2. The number of aliphatic hydroxyl groups excluding tert-OH is 1. The number of nitrogens with one attached hydrogen (secondary N) is 2. The third kappa shape index (κ3) is 8.54. The number of para-hydroxylation sites is 1. The van der Waals surface area contributed by atoms with Crippen LogP contribution in [0.4, 0.5) is 4.79 Å². The van der Waals surface area contributed by atoms with Crippen LogP contribution >= 0.6 is 0 Å². The van der Waals surface area contributed by atoms with Gasteiger partial charge in [-0.3, -0.25) is 4.79 Å². The van der Waals surface area contributed by atoms with E-state index in [1.165, 1.54) is 16.4 Å². The fourth-order valence-electron chi connectivity index (χ4n) is 4.64. The number of alkyl carbamates (subject to hydrolysis) is 1. The van der Waals surface area contributed by atoms with Crippen LogP contribution in [0.5, 0.6) is 11.5 Å². The molecule has 0 radical (unpaired) electrons. The summed E-state index contributed by atoms with van der Waals surface area (Å²) in [5.74, 6) is 0.761. The van der Waals surface area contributed by atoms with E-state index in [-0.39, 0.29) is 36.9 Å². The summed E-state index contributed by atoms with van der Waals surface area (Å²) >= 11 is 0. The van der Waals surface area contributed by atoms with Crippen molar-refractivity contribution in [3.05, 3.63) is 90.5 Å². The molecule has 0 spiro atoms. The van der Waals surface area contributed by atoms with Crippen LogP contribution in [0.1, 0.15) is 32.3 Å². The van der Waals surface area contributed by atoms with Gasteiger partial charge in [-0.15, -0.1) is 0 Å². The van der Waals surface area contributed by atoms with Gasteiger partial charge in [0.05, 0.1) is 17.0 Å². The van der Waals surface area contributed by atoms with E-state index in [0.717, 1.165) is 5.56 Å². The van der Waals surface area contributed by atoms with Crippen molar-refractivity contribution < 1.29 is 32.6 Å². The standard InChI is InChI=1S/C31H37N3O7S/c1-22(2)19-28(33-31(37)40-21-23-9-5-3-6-10-23)30(36)32-27-17-18-34(20-29(27)35)42(38,39)26-15-13-25(14-16-26)41-24-11-7-4-8-12-24/h3-16,22,27-29,35H,17-21H2,1-2H3,(H,32,36)(H,33,37)/t27-,28-,29+/m0/s1. The van der Waals surface area contributed by atoms with Crippen LogP contribution in [-0.4, -0.2) is 61.1 Å². The van der Waals surface area contributed by atoms with Crippen LogP contribution in [0.15, 0.2) is 89.8 Å². The van der Waals surface area contributed by atoms with Gasteiger partial charge in [0.2, 0.25) is 15.9 Å². The van der Waals surface area contributed by atoms with Crippen molar-refractivity contribution in [2.24, 2.45) is 5.92 Å². The summed E-state index contributed by atoms with van der Waals surface area (Å²) < 4.78 is 38.8. The molecule has 1 saturated heterocycles. The lowest BCUT2D eigenvalue weighted by atomic mass is 10.00. The molecule has 1 fully saturated rings. The Kier molecular flexibility index (Phi) is 10.6. The molecule has 3 N–H and O–H groups in total. The molecule has 10 nitrogen and oxygen atoms in total. The summed E-state index contributed by atoms with van der Waals surface area (Å²) in [4.78, 5) is 25.6. The number of amides is 2. The van der Waals surface area contributed by atoms with Crippen LogP contribution < -0.4 is 15.4 Å². The van der Waals surface area contributed by atoms with Gasteiger partial charge in [0.15, 0.2) is 0 Å². The van der Waals surface area contributed by atoms with Gasteiger partial charge in [-0.1, -0.05) is 62.4 Å². The Morgan fingerprint density at radius 2 is 1.57 bits per heavy atom. The highest BCUT2D eigenvalue weighted by atomic mass is 32.2. The number of hydrogen-bond donors (Lipinski definition) is 3. The first-order valence-electron chi connectivity index (χ1n) is 13.9. The quantitative estimate of drug-likeness (QED) is 0.304. The third-order valence-electron chi connectivity index (χ3n) is 6.84. The van der Waals surface area contributed by atoms with E-state index < -0.39 is 40.2 Å². The summed E-state index contributed by atoms with van der Waals surface area (Å²) in [6, 6.07) is 22.9. The number of sulfonamides is 1. The number of carbonyl (C=O) groups excluding carboxylic acids is 2. The highest BCUT2D eigenvalue weighted by Crippen LogP contribution is 2.26. The maximum absolute atomic E-state index is 13.3. The Morgan fingerprint density at radius 1 is 0.952 bits per heavy atom. The molecule has 42 heavy (non-hydrogen) atoms. The maximum atomic E-state index is 13.3. The fourth-order valence-corrected chi connectivity index (χ4v) is 6.11. The molecule has 3 aromatic carbocycles. The Balaban J connectivity index is 1.32. The van der Waals surface area contributed by atoms with Gasteiger partial charge in [-0.25, -0.2) is 13.2 Å². The van der Waals surface area contributed by atoms with Crippen LogP contribution in [0.25, 0.3) is 0 Å². The van der Waals surface area contributed by atoms with Crippen molar-refractivity contribution in [3.8, 4) is 11.5 Å². The molecule has 1 heterocycles. The normalized spacial score (nSPS) is 18.2. The summed E-state index contributed by atoms with van der Waals surface area (Å²) in [6.45, 7) is 3.84. The van der Waals surface area contributed by atoms with Crippen molar-refractivity contribution in [1.29, 1.82) is 0 Å². The van der Waals surface area contributed by atoms with Crippen molar-refractivity contribution in [3.63, 3.8) is 0 Å². The minimum absolute atomic E-state index is 0.0666. The number of hydrogen-bond acceptors (Lipinski definition) is 7. The Labute approximate surface area is 246 Å². The first kappa shape index (κ1) is 31.0. The smallest absolute Gasteiger partial charge is 0.408 e. The van der Waals surface area contributed by atoms with Gasteiger partial charge < -0.3 is 25.2 Å². The van der Waals surface area contributed by atoms with E-state index in [9.17, 15) is 23.1 Å². The van der Waals surface area contributed by atoms with E-state index in [1.807, 2.05) is 62.4 Å². The van der Waals surface area contributed by atoms with Crippen molar-refractivity contribution in [2.45, 2.75) is 56.4 Å². The van der Waals surface area contributed by atoms with E-state index in [2.05, 4.69) is 10.6 Å². The minimum Gasteiger partial charge on any atom is -0.457 e. The molecular weight excluding hydrogens is 558 g/mol. The van der Waals surface area contributed by atoms with Crippen molar-refractivity contribution in [1.82, 2.24) is 14.9 Å². The molecule has 0 unspecified atom stereocenters. The predicted molar refractivity (Wildman–Crippen MR) is 157 cm³/mol. The second kappa shape index (κ2) is 14.3. The molecule has 3 atom stereocenters. The number of aliphatic hydroxyl groups is 1. The number of β-amino-alcohol motifs (C(OH)–C–C–N with tert-alkyl or cyclic N) is 1. The zero-order valence-corrected chi connectivity index (χ0v) is 24.5. The van der Waals surface area contributed by atoms with Crippen LogP contribution in [-0.2, 0) is 26.2 Å². The van der Waals surface area contributed by atoms with Gasteiger partial charge in [0.1, 0.15) is 24.1 Å². The first-order valence-corrected chi connectivity index (χ1v) is 15.3. The first-order chi connectivity index (χ1) is 20.1. The maximum Gasteiger partial charge on any atom is 0.408 e. The molecule has 1 aliphatic rings. The highest BCUT2D eigenvalue weighted by Gasteiger charge is 2.36. The summed E-state index contributed by atoms with van der Waals surface area (Å²) in [5, 5.41) is 16.2. The van der Waals surface area contributed by atoms with E-state index >= 15 is 0 Å². The SMILES string of the molecule is CC(C)C[C@H](NC(=O)OCc1ccccc1)C(=O)N[C@H]1CCN(S(=O)(=O)c2ccc(Oc3ccccc3)cc2)C[C@H]1O. The van der Waals surface area contributed by atoms with Crippen molar-refractivity contribution >= 4 is 22.0 Å². The fraction of sp³-hybridized carbons (Fsp3) is 0.355. The predicted octanol–water partition coefficient (Wildman–Crippen LogP) is 4.06. The van der Waals surface area contributed by atoms with Gasteiger partial charge in [-0.2, -0.15) is 4.31 Å². The average molecular weight is 596 g/mol. The Morgan fingerprint density at radius 3 is 2.19 bits per heavy atom. The largest absolute Gasteiger partial charge is 0.457 e. The number of rotatable bonds is 11. The topological polar surface area (TPSA) is 134 Å². The van der Waals surface area contributed by atoms with Gasteiger partial charge in [-0.05, 0) is 60.7 Å². The number of carbonyl (C=O) groups is 2. The third-order valence-corrected chi connectivity index (χ3v) is 8.72. The molecule has 0 bridgehead atoms. The van der Waals surface area contributed by atoms with Gasteiger partial charge in [0.25, 0.3) is 0 Å². The number of benzene rings is 3. The number of nitrogens with zero attached hydrogens (tertiary/aromatic N) is 1. The molecule has 224 valence electrons. The molecule has 0 saturated carbocycles. The second-order valence-electron chi connectivity index (χ2n) is 10.6. The van der Waals surface area contributed by atoms with Gasteiger partial charge >= 0.3 is 6.09 Å². The molecule has 3 aromatic rings. The van der Waals surface area contributed by atoms with Crippen molar-refractivity contribution in [2.75, 3.05) is 13.1 Å². The van der Waals surface area contributed by atoms with Crippen LogP contribution in [0.2, 0.25) is 0 Å². The highest BCUT2D eigenvalue weighted by molar-refractivity contribution is 7.89. The molecule has 0 aromatic heterocycles. The number of piperidine rings is 1. The average Bonchev–Trinajstić information content (AvgIpc) is 2.98. The monoisotopic (exact) mass is 595 g/mol.